The summed E-state index contributed by atoms with van der Waals surface area (Å²) >= 11 is 0. The van der Waals surface area contributed by atoms with E-state index in [1.807, 2.05) is 0 Å². The van der Waals surface area contributed by atoms with Gasteiger partial charge in [-0.1, -0.05) is 13.8 Å². The third-order valence-electron chi connectivity index (χ3n) is 1.73. The lowest BCUT2D eigenvalue weighted by atomic mass is 10.2. The van der Waals surface area contributed by atoms with E-state index in [4.69, 9.17) is 10.5 Å². The zero-order chi connectivity index (χ0) is 7.61. The van der Waals surface area contributed by atoms with Gasteiger partial charge >= 0.3 is 0 Å². The van der Waals surface area contributed by atoms with Crippen molar-refractivity contribution < 1.29 is 4.74 Å². The molecule has 0 aromatic carbocycles. The molecular formula is C8H17NO. The maximum absolute atomic E-state index is 5.81. The number of nitrogens with two attached hydrogens (primary N) is 1. The topological polar surface area (TPSA) is 35.2 Å². The molecule has 0 amide bonds. The summed E-state index contributed by atoms with van der Waals surface area (Å²) < 4.78 is 5.40. The SMILES string of the molecule is CC(C)COCC1(N)CC1. The van der Waals surface area contributed by atoms with Crippen LogP contribution in [0, 0.1) is 5.92 Å². The Morgan fingerprint density at radius 1 is 1.50 bits per heavy atom. The molecule has 1 saturated carbocycles. The highest BCUT2D eigenvalue weighted by Gasteiger charge is 2.38. The van der Waals surface area contributed by atoms with Gasteiger partial charge in [0.2, 0.25) is 0 Å². The van der Waals surface area contributed by atoms with Crippen LogP contribution in [0.3, 0.4) is 0 Å². The number of hydrogen-bond acceptors (Lipinski definition) is 2. The fourth-order valence-corrected chi connectivity index (χ4v) is 0.803. The predicted octanol–water partition coefficient (Wildman–Crippen LogP) is 1.15. The summed E-state index contributed by atoms with van der Waals surface area (Å²) in [4.78, 5) is 0. The fraction of sp³-hybridized carbons (Fsp3) is 1.00. The quantitative estimate of drug-likeness (QED) is 0.640. The van der Waals surface area contributed by atoms with E-state index in [0.29, 0.717) is 5.92 Å². The summed E-state index contributed by atoms with van der Waals surface area (Å²) in [6, 6.07) is 0. The van der Waals surface area contributed by atoms with Crippen molar-refractivity contribution >= 4 is 0 Å². The van der Waals surface area contributed by atoms with Crippen molar-refractivity contribution in [3.8, 4) is 0 Å². The van der Waals surface area contributed by atoms with Gasteiger partial charge in [-0.3, -0.25) is 0 Å². The summed E-state index contributed by atoms with van der Waals surface area (Å²) in [6.07, 6.45) is 2.29. The zero-order valence-corrected chi connectivity index (χ0v) is 6.89. The van der Waals surface area contributed by atoms with E-state index in [-0.39, 0.29) is 5.54 Å². The van der Waals surface area contributed by atoms with E-state index in [0.717, 1.165) is 26.1 Å². The Kier molecular flexibility index (Phi) is 2.32. The summed E-state index contributed by atoms with van der Waals surface area (Å²) in [5.74, 6) is 0.627. The van der Waals surface area contributed by atoms with Gasteiger partial charge in [-0.15, -0.1) is 0 Å². The number of ether oxygens (including phenoxy) is 1. The highest BCUT2D eigenvalue weighted by Crippen LogP contribution is 2.32. The van der Waals surface area contributed by atoms with Gasteiger partial charge in [-0.05, 0) is 18.8 Å². The minimum absolute atomic E-state index is 0.0644. The monoisotopic (exact) mass is 143 g/mol. The molecule has 0 aromatic heterocycles. The van der Waals surface area contributed by atoms with Crippen LogP contribution < -0.4 is 5.73 Å². The molecular weight excluding hydrogens is 126 g/mol. The van der Waals surface area contributed by atoms with Gasteiger partial charge in [0.15, 0.2) is 0 Å². The summed E-state index contributed by atoms with van der Waals surface area (Å²) in [6.45, 7) is 5.90. The van der Waals surface area contributed by atoms with Crippen molar-refractivity contribution in [1.82, 2.24) is 0 Å². The van der Waals surface area contributed by atoms with Gasteiger partial charge in [0, 0.05) is 12.1 Å². The second kappa shape index (κ2) is 2.89. The predicted molar refractivity (Wildman–Crippen MR) is 41.8 cm³/mol. The third kappa shape index (κ3) is 2.67. The smallest absolute Gasteiger partial charge is 0.0646 e. The molecule has 0 unspecified atom stereocenters. The lowest BCUT2D eigenvalue weighted by Gasteiger charge is -2.10. The Bertz CT molecular complexity index is 108. The van der Waals surface area contributed by atoms with E-state index in [1.165, 1.54) is 0 Å². The van der Waals surface area contributed by atoms with Crippen LogP contribution in [0.25, 0.3) is 0 Å². The maximum atomic E-state index is 5.81. The van der Waals surface area contributed by atoms with Crippen molar-refractivity contribution in [2.45, 2.75) is 32.2 Å². The van der Waals surface area contributed by atoms with E-state index < -0.39 is 0 Å². The number of rotatable bonds is 4. The van der Waals surface area contributed by atoms with Crippen molar-refractivity contribution in [3.63, 3.8) is 0 Å². The molecule has 1 fully saturated rings. The molecule has 0 saturated heterocycles. The van der Waals surface area contributed by atoms with Crippen molar-refractivity contribution in [2.24, 2.45) is 11.7 Å². The largest absolute Gasteiger partial charge is 0.379 e. The minimum atomic E-state index is 0.0644. The molecule has 0 atom stereocenters. The second-order valence-electron chi connectivity index (χ2n) is 3.77. The van der Waals surface area contributed by atoms with Crippen LogP contribution in [0.5, 0.6) is 0 Å². The molecule has 2 N–H and O–H groups in total. The molecule has 1 aliphatic carbocycles. The fourth-order valence-electron chi connectivity index (χ4n) is 0.803. The highest BCUT2D eigenvalue weighted by atomic mass is 16.5. The molecule has 1 rings (SSSR count). The normalized spacial score (nSPS) is 21.6. The summed E-state index contributed by atoms with van der Waals surface area (Å²) in [5, 5.41) is 0. The first-order valence-electron chi connectivity index (χ1n) is 3.99. The summed E-state index contributed by atoms with van der Waals surface area (Å²) in [7, 11) is 0. The van der Waals surface area contributed by atoms with Crippen molar-refractivity contribution in [2.75, 3.05) is 13.2 Å². The Morgan fingerprint density at radius 2 is 2.10 bits per heavy atom. The van der Waals surface area contributed by atoms with Crippen LogP contribution in [-0.4, -0.2) is 18.8 Å². The van der Waals surface area contributed by atoms with Crippen molar-refractivity contribution in [1.29, 1.82) is 0 Å². The van der Waals surface area contributed by atoms with E-state index in [2.05, 4.69) is 13.8 Å². The first-order chi connectivity index (χ1) is 4.62. The van der Waals surface area contributed by atoms with Gasteiger partial charge in [0.25, 0.3) is 0 Å². The first kappa shape index (κ1) is 8.02. The lowest BCUT2D eigenvalue weighted by Crippen LogP contribution is -2.28. The molecule has 0 heterocycles. The van der Waals surface area contributed by atoms with E-state index >= 15 is 0 Å². The molecule has 0 aromatic rings. The maximum Gasteiger partial charge on any atom is 0.0646 e. The molecule has 0 spiro atoms. The second-order valence-corrected chi connectivity index (χ2v) is 3.77. The van der Waals surface area contributed by atoms with Gasteiger partial charge in [0.1, 0.15) is 0 Å². The average Bonchev–Trinajstić information content (AvgIpc) is 2.47. The van der Waals surface area contributed by atoms with Crippen molar-refractivity contribution in [3.05, 3.63) is 0 Å². The molecule has 0 aliphatic heterocycles. The highest BCUT2D eigenvalue weighted by molar-refractivity contribution is 4.98. The van der Waals surface area contributed by atoms with Crippen LogP contribution >= 0.6 is 0 Å². The van der Waals surface area contributed by atoms with Gasteiger partial charge in [0.05, 0.1) is 6.61 Å². The Morgan fingerprint density at radius 3 is 2.50 bits per heavy atom. The van der Waals surface area contributed by atoms with Gasteiger partial charge in [-0.25, -0.2) is 0 Å². The third-order valence-corrected chi connectivity index (χ3v) is 1.73. The van der Waals surface area contributed by atoms with Crippen LogP contribution in [0.2, 0.25) is 0 Å². The standard InChI is InChI=1S/C8H17NO/c1-7(2)5-10-6-8(9)3-4-8/h7H,3-6,9H2,1-2H3. The van der Waals surface area contributed by atoms with Gasteiger partial charge in [-0.2, -0.15) is 0 Å². The van der Waals surface area contributed by atoms with E-state index in [9.17, 15) is 0 Å². The lowest BCUT2D eigenvalue weighted by molar-refractivity contribution is 0.0932. The Hall–Kier alpha value is -0.0800. The van der Waals surface area contributed by atoms with Crippen LogP contribution in [0.1, 0.15) is 26.7 Å². The minimum Gasteiger partial charge on any atom is -0.379 e. The van der Waals surface area contributed by atoms with E-state index in [1.54, 1.807) is 0 Å². The molecule has 60 valence electrons. The molecule has 2 heteroatoms. The Balaban J connectivity index is 1.95. The molecule has 1 aliphatic rings. The van der Waals surface area contributed by atoms with Gasteiger partial charge < -0.3 is 10.5 Å². The van der Waals surface area contributed by atoms with Crippen LogP contribution in [0.15, 0.2) is 0 Å². The molecule has 10 heavy (non-hydrogen) atoms. The molecule has 0 radical (unpaired) electrons. The van der Waals surface area contributed by atoms with Crippen LogP contribution in [-0.2, 0) is 4.74 Å². The van der Waals surface area contributed by atoms with Crippen LogP contribution in [0.4, 0.5) is 0 Å². The average molecular weight is 143 g/mol. The Labute approximate surface area is 62.7 Å². The first-order valence-corrected chi connectivity index (χ1v) is 3.99. The molecule has 0 bridgehead atoms. The zero-order valence-electron chi connectivity index (χ0n) is 6.89. The summed E-state index contributed by atoms with van der Waals surface area (Å²) in [5.41, 5.74) is 5.87. The number of hydrogen-bond donors (Lipinski definition) is 1. The molecule has 2 nitrogen and oxygen atoms in total.